The zero-order valence-corrected chi connectivity index (χ0v) is 14.3. The highest BCUT2D eigenvalue weighted by atomic mass is 16.1. The first-order valence-corrected chi connectivity index (χ1v) is 8.50. The van der Waals surface area contributed by atoms with Crippen LogP contribution in [0.1, 0.15) is 34.3 Å². The Kier molecular flexibility index (Phi) is 5.08. The lowest BCUT2D eigenvalue weighted by Gasteiger charge is -2.32. The number of benzene rings is 1. The molecule has 0 spiro atoms. The van der Waals surface area contributed by atoms with Gasteiger partial charge in [0, 0.05) is 37.6 Å². The second kappa shape index (κ2) is 7.43. The van der Waals surface area contributed by atoms with Crippen LogP contribution in [0, 0.1) is 19.8 Å². The molecule has 0 unspecified atom stereocenters. The number of rotatable bonds is 4. The van der Waals surface area contributed by atoms with E-state index >= 15 is 0 Å². The van der Waals surface area contributed by atoms with Crippen LogP contribution in [0.15, 0.2) is 36.8 Å². The van der Waals surface area contributed by atoms with E-state index in [4.69, 9.17) is 0 Å². The SMILES string of the molecule is Cc1ccc(C(=O)NCC2CCN(c3cnccn3)CC2)c(C)c1. The summed E-state index contributed by atoms with van der Waals surface area (Å²) in [4.78, 5) is 23.1. The summed E-state index contributed by atoms with van der Waals surface area (Å²) < 4.78 is 0. The molecule has 5 heteroatoms. The third-order valence-corrected chi connectivity index (χ3v) is 4.67. The number of hydrogen-bond acceptors (Lipinski definition) is 4. The molecule has 0 saturated carbocycles. The summed E-state index contributed by atoms with van der Waals surface area (Å²) in [5.41, 5.74) is 2.99. The van der Waals surface area contributed by atoms with Crippen molar-refractivity contribution in [3.8, 4) is 0 Å². The normalized spacial score (nSPS) is 15.3. The zero-order valence-electron chi connectivity index (χ0n) is 14.3. The van der Waals surface area contributed by atoms with E-state index in [1.54, 1.807) is 12.4 Å². The molecule has 0 bridgehead atoms. The first kappa shape index (κ1) is 16.4. The molecule has 0 radical (unpaired) electrons. The van der Waals surface area contributed by atoms with Gasteiger partial charge in [-0.1, -0.05) is 17.7 Å². The number of piperidine rings is 1. The van der Waals surface area contributed by atoms with E-state index < -0.39 is 0 Å². The van der Waals surface area contributed by atoms with Crippen LogP contribution in [0.2, 0.25) is 0 Å². The van der Waals surface area contributed by atoms with E-state index in [9.17, 15) is 4.79 Å². The molecular formula is C19H24N4O. The number of carbonyl (C=O) groups is 1. The van der Waals surface area contributed by atoms with Gasteiger partial charge in [-0.15, -0.1) is 0 Å². The molecule has 5 nitrogen and oxygen atoms in total. The lowest BCUT2D eigenvalue weighted by molar-refractivity contribution is 0.0944. The number of aryl methyl sites for hydroxylation is 2. The van der Waals surface area contributed by atoms with Crippen LogP contribution in [-0.4, -0.2) is 35.5 Å². The zero-order chi connectivity index (χ0) is 16.9. The Morgan fingerprint density at radius 3 is 2.71 bits per heavy atom. The molecule has 1 aromatic heterocycles. The van der Waals surface area contributed by atoms with Crippen molar-refractivity contribution in [1.82, 2.24) is 15.3 Å². The smallest absolute Gasteiger partial charge is 0.251 e. The second-order valence-corrected chi connectivity index (χ2v) is 6.52. The maximum Gasteiger partial charge on any atom is 0.251 e. The Balaban J connectivity index is 1.49. The summed E-state index contributed by atoms with van der Waals surface area (Å²) in [6.07, 6.45) is 7.35. The standard InChI is InChI=1S/C19H24N4O/c1-14-3-4-17(15(2)11-14)19(24)22-12-16-5-9-23(10-6-16)18-13-20-7-8-21-18/h3-4,7-8,11,13,16H,5-6,9-10,12H2,1-2H3,(H,22,24). The van der Waals surface area contributed by atoms with Crippen molar-refractivity contribution in [2.24, 2.45) is 5.92 Å². The maximum absolute atomic E-state index is 12.4. The van der Waals surface area contributed by atoms with Gasteiger partial charge in [-0.2, -0.15) is 0 Å². The van der Waals surface area contributed by atoms with Gasteiger partial charge in [0.05, 0.1) is 6.20 Å². The fourth-order valence-electron chi connectivity index (χ4n) is 3.22. The summed E-state index contributed by atoms with van der Waals surface area (Å²) in [6, 6.07) is 5.95. The van der Waals surface area contributed by atoms with Crippen molar-refractivity contribution >= 4 is 11.7 Å². The number of carbonyl (C=O) groups excluding carboxylic acids is 1. The molecule has 2 heterocycles. The van der Waals surface area contributed by atoms with Gasteiger partial charge in [-0.25, -0.2) is 4.98 Å². The highest BCUT2D eigenvalue weighted by Crippen LogP contribution is 2.20. The lowest BCUT2D eigenvalue weighted by Crippen LogP contribution is -2.39. The summed E-state index contributed by atoms with van der Waals surface area (Å²) in [5.74, 6) is 1.49. The molecule has 1 aliphatic heterocycles. The molecule has 0 aliphatic carbocycles. The average molecular weight is 324 g/mol. The molecule has 1 aromatic carbocycles. The van der Waals surface area contributed by atoms with Crippen LogP contribution in [0.5, 0.6) is 0 Å². The van der Waals surface area contributed by atoms with Crippen molar-refractivity contribution in [2.75, 3.05) is 24.5 Å². The minimum atomic E-state index is 0.0313. The summed E-state index contributed by atoms with van der Waals surface area (Å²) in [7, 11) is 0. The monoisotopic (exact) mass is 324 g/mol. The molecule has 3 rings (SSSR count). The molecule has 24 heavy (non-hydrogen) atoms. The number of aromatic nitrogens is 2. The van der Waals surface area contributed by atoms with E-state index in [1.807, 2.05) is 38.2 Å². The molecule has 2 aromatic rings. The van der Waals surface area contributed by atoms with Gasteiger partial charge in [0.1, 0.15) is 5.82 Å². The Bertz CT molecular complexity index is 694. The minimum absolute atomic E-state index is 0.0313. The van der Waals surface area contributed by atoms with Crippen LogP contribution in [0.3, 0.4) is 0 Å². The number of nitrogens with one attached hydrogen (secondary N) is 1. The largest absolute Gasteiger partial charge is 0.355 e. The van der Waals surface area contributed by atoms with Gasteiger partial charge < -0.3 is 10.2 Å². The summed E-state index contributed by atoms with van der Waals surface area (Å²) in [6.45, 7) is 6.69. The quantitative estimate of drug-likeness (QED) is 0.939. The van der Waals surface area contributed by atoms with Gasteiger partial charge in [-0.3, -0.25) is 9.78 Å². The molecule has 1 fully saturated rings. The van der Waals surface area contributed by atoms with E-state index in [0.29, 0.717) is 5.92 Å². The molecule has 1 saturated heterocycles. The van der Waals surface area contributed by atoms with Crippen LogP contribution in [0.25, 0.3) is 0 Å². The Labute approximate surface area is 143 Å². The number of amides is 1. The number of nitrogens with zero attached hydrogens (tertiary/aromatic N) is 3. The maximum atomic E-state index is 12.4. The predicted octanol–water partition coefficient (Wildman–Crippen LogP) is 2.74. The van der Waals surface area contributed by atoms with Gasteiger partial charge in [0.2, 0.25) is 0 Å². The van der Waals surface area contributed by atoms with Crippen molar-refractivity contribution in [2.45, 2.75) is 26.7 Å². The molecule has 1 aliphatic rings. The highest BCUT2D eigenvalue weighted by molar-refractivity contribution is 5.95. The van der Waals surface area contributed by atoms with Crippen molar-refractivity contribution in [3.05, 3.63) is 53.5 Å². The predicted molar refractivity (Wildman–Crippen MR) is 95.2 cm³/mol. The van der Waals surface area contributed by atoms with Gasteiger partial charge in [0.25, 0.3) is 5.91 Å². The second-order valence-electron chi connectivity index (χ2n) is 6.52. The molecule has 1 N–H and O–H groups in total. The first-order valence-electron chi connectivity index (χ1n) is 8.50. The summed E-state index contributed by atoms with van der Waals surface area (Å²) >= 11 is 0. The van der Waals surface area contributed by atoms with Crippen LogP contribution in [-0.2, 0) is 0 Å². The Hall–Kier alpha value is -2.43. The van der Waals surface area contributed by atoms with Gasteiger partial charge in [-0.05, 0) is 44.2 Å². The van der Waals surface area contributed by atoms with Crippen molar-refractivity contribution in [1.29, 1.82) is 0 Å². The number of anilines is 1. The van der Waals surface area contributed by atoms with Crippen LogP contribution < -0.4 is 10.2 Å². The Morgan fingerprint density at radius 1 is 1.25 bits per heavy atom. The molecule has 1 amide bonds. The number of hydrogen-bond donors (Lipinski definition) is 1. The van der Waals surface area contributed by atoms with E-state index in [2.05, 4.69) is 20.2 Å². The van der Waals surface area contributed by atoms with Gasteiger partial charge >= 0.3 is 0 Å². The minimum Gasteiger partial charge on any atom is -0.355 e. The van der Waals surface area contributed by atoms with Crippen LogP contribution in [0.4, 0.5) is 5.82 Å². The fourth-order valence-corrected chi connectivity index (χ4v) is 3.22. The topological polar surface area (TPSA) is 58.1 Å². The van der Waals surface area contributed by atoms with E-state index in [-0.39, 0.29) is 5.91 Å². The lowest BCUT2D eigenvalue weighted by atomic mass is 9.96. The van der Waals surface area contributed by atoms with Gasteiger partial charge in [0.15, 0.2) is 0 Å². The van der Waals surface area contributed by atoms with Crippen molar-refractivity contribution in [3.63, 3.8) is 0 Å². The van der Waals surface area contributed by atoms with Crippen molar-refractivity contribution < 1.29 is 4.79 Å². The molecule has 126 valence electrons. The molecule has 0 atom stereocenters. The Morgan fingerprint density at radius 2 is 2.04 bits per heavy atom. The third kappa shape index (κ3) is 3.91. The first-order chi connectivity index (χ1) is 11.6. The fraction of sp³-hybridized carbons (Fsp3) is 0.421. The third-order valence-electron chi connectivity index (χ3n) is 4.67. The van der Waals surface area contributed by atoms with Crippen LogP contribution >= 0.6 is 0 Å². The molecular weight excluding hydrogens is 300 g/mol. The summed E-state index contributed by atoms with van der Waals surface area (Å²) in [5, 5.41) is 3.10. The van der Waals surface area contributed by atoms with E-state index in [0.717, 1.165) is 49.4 Å². The highest BCUT2D eigenvalue weighted by Gasteiger charge is 2.21. The van der Waals surface area contributed by atoms with E-state index in [1.165, 1.54) is 5.56 Å². The average Bonchev–Trinajstić information content (AvgIpc) is 2.61.